The van der Waals surface area contributed by atoms with Crippen LogP contribution in [-0.2, 0) is 6.54 Å². The summed E-state index contributed by atoms with van der Waals surface area (Å²) < 4.78 is 32.5. The zero-order valence-electron chi connectivity index (χ0n) is 11.9. The van der Waals surface area contributed by atoms with E-state index in [2.05, 4.69) is 17.8 Å². The maximum Gasteiger partial charge on any atom is 0.336 e. The molecular formula is C14H11F2N3O3S. The van der Waals surface area contributed by atoms with Crippen molar-refractivity contribution in [2.45, 2.75) is 24.9 Å². The molecule has 0 atom stereocenters. The Bertz CT molecular complexity index is 1010. The van der Waals surface area contributed by atoms with E-state index in [1.165, 1.54) is 24.3 Å². The molecule has 0 spiro atoms. The van der Waals surface area contributed by atoms with Gasteiger partial charge in [-0.05, 0) is 25.1 Å². The number of benzene rings is 1. The van der Waals surface area contributed by atoms with E-state index in [1.807, 2.05) is 0 Å². The van der Waals surface area contributed by atoms with E-state index in [0.717, 1.165) is 0 Å². The maximum absolute atomic E-state index is 13.3. The summed E-state index contributed by atoms with van der Waals surface area (Å²) >= 11 is 4.10. The van der Waals surface area contributed by atoms with Crippen LogP contribution in [0.15, 0.2) is 43.3 Å². The molecule has 0 amide bonds. The molecule has 0 aliphatic rings. The van der Waals surface area contributed by atoms with Gasteiger partial charge in [0.15, 0.2) is 5.76 Å². The molecule has 0 aliphatic carbocycles. The molecule has 0 radical (unpaired) electrons. The molecule has 6 nitrogen and oxygen atoms in total. The molecule has 0 fully saturated rings. The second kappa shape index (κ2) is 5.65. The molecule has 2 heterocycles. The van der Waals surface area contributed by atoms with Crippen molar-refractivity contribution in [3.05, 3.63) is 56.6 Å². The molecule has 0 unspecified atom stereocenters. The second-order valence-electron chi connectivity index (χ2n) is 4.96. The molecule has 0 saturated carbocycles. The molecule has 0 N–H and O–H groups in total. The average molecular weight is 339 g/mol. The van der Waals surface area contributed by atoms with Gasteiger partial charge in [-0.2, -0.15) is 8.78 Å². The van der Waals surface area contributed by atoms with Gasteiger partial charge in [0.25, 0.3) is 5.56 Å². The SMILES string of the molecule is Cc1cc(Cn2c(=O)c3cc(S)ccc3n(C(F)F)c2=O)on1. The highest BCUT2D eigenvalue weighted by Crippen LogP contribution is 2.18. The molecule has 3 rings (SSSR count). The van der Waals surface area contributed by atoms with Crippen LogP contribution in [0.4, 0.5) is 8.78 Å². The van der Waals surface area contributed by atoms with Gasteiger partial charge in [-0.3, -0.25) is 9.36 Å². The van der Waals surface area contributed by atoms with Gasteiger partial charge in [0.2, 0.25) is 0 Å². The highest BCUT2D eigenvalue weighted by molar-refractivity contribution is 7.80. The number of nitrogens with zero attached hydrogens (tertiary/aromatic N) is 3. The predicted octanol–water partition coefficient (Wildman–Crippen LogP) is 2.19. The van der Waals surface area contributed by atoms with Gasteiger partial charge in [0.05, 0.1) is 23.1 Å². The third-order valence-electron chi connectivity index (χ3n) is 3.34. The van der Waals surface area contributed by atoms with E-state index in [1.54, 1.807) is 6.92 Å². The van der Waals surface area contributed by atoms with Crippen molar-refractivity contribution in [3.63, 3.8) is 0 Å². The fourth-order valence-corrected chi connectivity index (χ4v) is 2.55. The molecule has 0 bridgehead atoms. The van der Waals surface area contributed by atoms with Crippen LogP contribution in [-0.4, -0.2) is 14.3 Å². The number of alkyl halides is 2. The Balaban J connectivity index is 2.33. The van der Waals surface area contributed by atoms with Crippen LogP contribution in [0, 0.1) is 6.92 Å². The topological polar surface area (TPSA) is 70.0 Å². The zero-order valence-corrected chi connectivity index (χ0v) is 12.8. The minimum Gasteiger partial charge on any atom is -0.359 e. The molecule has 0 saturated heterocycles. The van der Waals surface area contributed by atoms with Crippen LogP contribution in [0.25, 0.3) is 10.9 Å². The summed E-state index contributed by atoms with van der Waals surface area (Å²) in [5.74, 6) is 0.226. The zero-order chi connectivity index (χ0) is 16.7. The summed E-state index contributed by atoms with van der Waals surface area (Å²) in [6, 6.07) is 5.59. The Hall–Kier alpha value is -2.42. The van der Waals surface area contributed by atoms with E-state index in [4.69, 9.17) is 4.52 Å². The fourth-order valence-electron chi connectivity index (χ4n) is 2.35. The van der Waals surface area contributed by atoms with Gasteiger partial charge in [-0.1, -0.05) is 5.16 Å². The summed E-state index contributed by atoms with van der Waals surface area (Å²) in [5.41, 5.74) is -1.39. The molecule has 1 aromatic carbocycles. The third kappa shape index (κ3) is 2.67. The van der Waals surface area contributed by atoms with Crippen molar-refractivity contribution in [1.29, 1.82) is 0 Å². The number of hydrogen-bond acceptors (Lipinski definition) is 5. The molecule has 9 heteroatoms. The number of rotatable bonds is 3. The number of aryl methyl sites for hydroxylation is 1. The second-order valence-corrected chi connectivity index (χ2v) is 5.47. The van der Waals surface area contributed by atoms with Gasteiger partial charge in [0.1, 0.15) is 0 Å². The third-order valence-corrected chi connectivity index (χ3v) is 3.62. The first-order valence-corrected chi connectivity index (χ1v) is 7.01. The first-order chi connectivity index (χ1) is 10.9. The lowest BCUT2D eigenvalue weighted by Gasteiger charge is -2.12. The number of fused-ring (bicyclic) bond motifs is 1. The van der Waals surface area contributed by atoms with Crippen LogP contribution in [0.5, 0.6) is 0 Å². The van der Waals surface area contributed by atoms with E-state index < -0.39 is 17.8 Å². The number of hydrogen-bond donors (Lipinski definition) is 1. The Morgan fingerprint density at radius 1 is 1.30 bits per heavy atom. The van der Waals surface area contributed by atoms with Crippen LogP contribution in [0.3, 0.4) is 0 Å². The Morgan fingerprint density at radius 3 is 2.65 bits per heavy atom. The van der Waals surface area contributed by atoms with E-state index in [-0.39, 0.29) is 27.8 Å². The number of aromatic nitrogens is 3. The number of halogens is 2. The summed E-state index contributed by atoms with van der Waals surface area (Å²) in [6.07, 6.45) is 0. The van der Waals surface area contributed by atoms with Gasteiger partial charge in [-0.15, -0.1) is 12.6 Å². The molecule has 0 aliphatic heterocycles. The van der Waals surface area contributed by atoms with Gasteiger partial charge >= 0.3 is 12.2 Å². The standard InChI is InChI=1S/C14H11F2N3O3S/c1-7-4-8(22-17-7)6-18-12(20)10-5-9(23)2-3-11(10)19(13(15)16)14(18)21/h2-5,13,23H,6H2,1H3. The number of thiol groups is 1. The van der Waals surface area contributed by atoms with E-state index >= 15 is 0 Å². The first kappa shape index (κ1) is 15.5. The lowest BCUT2D eigenvalue weighted by molar-refractivity contribution is 0.0682. The van der Waals surface area contributed by atoms with Crippen LogP contribution >= 0.6 is 12.6 Å². The maximum atomic E-state index is 13.3. The molecule has 120 valence electrons. The summed E-state index contributed by atoms with van der Waals surface area (Å²) in [7, 11) is 0. The minimum atomic E-state index is -3.08. The van der Waals surface area contributed by atoms with Crippen molar-refractivity contribution in [2.24, 2.45) is 0 Å². The van der Waals surface area contributed by atoms with Crippen LogP contribution < -0.4 is 11.2 Å². The highest BCUT2D eigenvalue weighted by atomic mass is 32.1. The minimum absolute atomic E-state index is 0.0198. The summed E-state index contributed by atoms with van der Waals surface area (Å²) in [5, 5.41) is 3.63. The van der Waals surface area contributed by atoms with Crippen molar-refractivity contribution in [2.75, 3.05) is 0 Å². The van der Waals surface area contributed by atoms with Gasteiger partial charge in [0, 0.05) is 11.0 Å². The fraction of sp³-hybridized carbons (Fsp3) is 0.214. The monoisotopic (exact) mass is 339 g/mol. The van der Waals surface area contributed by atoms with E-state index in [9.17, 15) is 18.4 Å². The van der Waals surface area contributed by atoms with Gasteiger partial charge < -0.3 is 4.52 Å². The van der Waals surface area contributed by atoms with Crippen molar-refractivity contribution in [1.82, 2.24) is 14.3 Å². The molecule has 2 aromatic heterocycles. The lowest BCUT2D eigenvalue weighted by Crippen LogP contribution is -2.40. The molecular weight excluding hydrogens is 328 g/mol. The largest absolute Gasteiger partial charge is 0.359 e. The van der Waals surface area contributed by atoms with Crippen molar-refractivity contribution >= 4 is 23.5 Å². The predicted molar refractivity (Wildman–Crippen MR) is 81.3 cm³/mol. The summed E-state index contributed by atoms with van der Waals surface area (Å²) in [6.45, 7) is -1.70. The Morgan fingerprint density at radius 2 is 2.04 bits per heavy atom. The van der Waals surface area contributed by atoms with Crippen LogP contribution in [0.1, 0.15) is 18.0 Å². The average Bonchev–Trinajstić information content (AvgIpc) is 2.89. The van der Waals surface area contributed by atoms with Crippen molar-refractivity contribution < 1.29 is 13.3 Å². The quantitative estimate of drug-likeness (QED) is 0.743. The Kier molecular flexibility index (Phi) is 3.80. The molecule has 3 aromatic rings. The normalized spacial score (nSPS) is 11.5. The first-order valence-electron chi connectivity index (χ1n) is 6.57. The van der Waals surface area contributed by atoms with Crippen molar-refractivity contribution in [3.8, 4) is 0 Å². The highest BCUT2D eigenvalue weighted by Gasteiger charge is 2.19. The van der Waals surface area contributed by atoms with Crippen LogP contribution in [0.2, 0.25) is 0 Å². The smallest absolute Gasteiger partial charge is 0.336 e. The van der Waals surface area contributed by atoms with Gasteiger partial charge in [-0.25, -0.2) is 9.36 Å². The summed E-state index contributed by atoms with van der Waals surface area (Å²) in [4.78, 5) is 25.2. The molecule has 23 heavy (non-hydrogen) atoms. The lowest BCUT2D eigenvalue weighted by atomic mass is 10.2. The Labute approximate surface area is 133 Å². The van der Waals surface area contributed by atoms with E-state index in [0.29, 0.717) is 15.2 Å².